The van der Waals surface area contributed by atoms with Crippen molar-refractivity contribution in [3.05, 3.63) is 11.9 Å². The van der Waals surface area contributed by atoms with Crippen LogP contribution in [0.5, 0.6) is 0 Å². The van der Waals surface area contributed by atoms with Crippen LogP contribution in [0.3, 0.4) is 0 Å². The van der Waals surface area contributed by atoms with Crippen LogP contribution >= 0.6 is 0 Å². The lowest BCUT2D eigenvalue weighted by Gasteiger charge is -2.37. The van der Waals surface area contributed by atoms with Gasteiger partial charge in [-0.15, -0.1) is 0 Å². The highest BCUT2D eigenvalue weighted by Crippen LogP contribution is 2.24. The molecular weight excluding hydrogens is 262 g/mol. The summed E-state index contributed by atoms with van der Waals surface area (Å²) in [7, 11) is 4.33. The first-order valence-electron chi connectivity index (χ1n) is 8.05. The predicted molar refractivity (Wildman–Crippen MR) is 89.2 cm³/mol. The second-order valence-electron chi connectivity index (χ2n) is 6.36. The zero-order valence-corrected chi connectivity index (χ0v) is 14.1. The van der Waals surface area contributed by atoms with Crippen LogP contribution in [-0.2, 0) is 0 Å². The summed E-state index contributed by atoms with van der Waals surface area (Å²) in [5.74, 6) is 3.28. The topological polar surface area (TPSA) is 44.3 Å². The van der Waals surface area contributed by atoms with Gasteiger partial charge >= 0.3 is 0 Å². The van der Waals surface area contributed by atoms with Gasteiger partial charge in [-0.25, -0.2) is 9.97 Å². The molecule has 0 aromatic carbocycles. The van der Waals surface area contributed by atoms with Gasteiger partial charge in [-0.3, -0.25) is 0 Å². The highest BCUT2D eigenvalue weighted by atomic mass is 15.3. The van der Waals surface area contributed by atoms with Gasteiger partial charge in [0, 0.05) is 37.7 Å². The quantitative estimate of drug-likeness (QED) is 0.903. The first kappa shape index (κ1) is 16.0. The summed E-state index contributed by atoms with van der Waals surface area (Å²) in [6, 6.07) is 2.70. The Bertz CT molecular complexity index is 458. The molecule has 1 aromatic rings. The maximum absolute atomic E-state index is 4.79. The molecule has 1 unspecified atom stereocenters. The van der Waals surface area contributed by atoms with Gasteiger partial charge in [0.15, 0.2) is 0 Å². The van der Waals surface area contributed by atoms with E-state index in [9.17, 15) is 0 Å². The van der Waals surface area contributed by atoms with E-state index in [4.69, 9.17) is 4.98 Å². The van der Waals surface area contributed by atoms with Crippen LogP contribution in [0.2, 0.25) is 0 Å². The number of aromatic nitrogens is 2. The minimum Gasteiger partial charge on any atom is -0.370 e. The lowest BCUT2D eigenvalue weighted by molar-refractivity contribution is 0.257. The summed E-state index contributed by atoms with van der Waals surface area (Å²) >= 11 is 0. The number of rotatable bonds is 5. The molecule has 0 aliphatic carbocycles. The first-order chi connectivity index (χ1) is 10.0. The van der Waals surface area contributed by atoms with Crippen LogP contribution in [0.25, 0.3) is 0 Å². The molecule has 118 valence electrons. The predicted octanol–water partition coefficient (Wildman–Crippen LogP) is 2.56. The zero-order chi connectivity index (χ0) is 15.4. The summed E-state index contributed by atoms with van der Waals surface area (Å²) in [5, 5.41) is 3.33. The Kier molecular flexibility index (Phi) is 5.39. The van der Waals surface area contributed by atoms with E-state index in [1.807, 2.05) is 0 Å². The molecule has 0 saturated carbocycles. The molecule has 1 saturated heterocycles. The molecule has 0 amide bonds. The third-order valence-electron chi connectivity index (χ3n) is 4.06. The van der Waals surface area contributed by atoms with Crippen LogP contribution in [-0.4, -0.2) is 54.6 Å². The molecule has 5 heteroatoms. The average molecular weight is 291 g/mol. The van der Waals surface area contributed by atoms with Crippen LogP contribution in [0.1, 0.15) is 45.4 Å². The van der Waals surface area contributed by atoms with Crippen LogP contribution < -0.4 is 10.2 Å². The Morgan fingerprint density at radius 2 is 2.14 bits per heavy atom. The Balaban J connectivity index is 2.24. The Labute approximate surface area is 128 Å². The Morgan fingerprint density at radius 1 is 1.38 bits per heavy atom. The van der Waals surface area contributed by atoms with E-state index in [0.29, 0.717) is 12.0 Å². The van der Waals surface area contributed by atoms with Crippen molar-refractivity contribution in [1.29, 1.82) is 0 Å². The van der Waals surface area contributed by atoms with E-state index in [0.717, 1.165) is 37.1 Å². The molecular formula is C16H29N5. The van der Waals surface area contributed by atoms with Crippen LogP contribution in [0, 0.1) is 0 Å². The summed E-state index contributed by atoms with van der Waals surface area (Å²) in [4.78, 5) is 14.1. The molecule has 1 aliphatic heterocycles. The minimum atomic E-state index is 0.344. The van der Waals surface area contributed by atoms with E-state index >= 15 is 0 Å². The number of piperidine rings is 1. The van der Waals surface area contributed by atoms with E-state index in [1.165, 1.54) is 12.8 Å². The average Bonchev–Trinajstić information content (AvgIpc) is 2.47. The van der Waals surface area contributed by atoms with Crippen molar-refractivity contribution in [3.8, 4) is 0 Å². The van der Waals surface area contributed by atoms with Gasteiger partial charge in [0.2, 0.25) is 0 Å². The standard InChI is InChI=1S/C16H29N5/c1-6-17-14-10-15(19-16(18-14)12(2)3)21-9-7-8-13(11-21)20(4)5/h10,12-13H,6-9,11H2,1-5H3,(H,17,18,19). The van der Waals surface area contributed by atoms with Gasteiger partial charge in [0.05, 0.1) is 0 Å². The normalized spacial score (nSPS) is 19.4. The molecule has 1 aromatic heterocycles. The largest absolute Gasteiger partial charge is 0.370 e. The van der Waals surface area contributed by atoms with Gasteiger partial charge in [0.1, 0.15) is 17.5 Å². The van der Waals surface area contributed by atoms with E-state index < -0.39 is 0 Å². The van der Waals surface area contributed by atoms with Crippen molar-refractivity contribution in [2.45, 2.75) is 45.6 Å². The van der Waals surface area contributed by atoms with Gasteiger partial charge < -0.3 is 15.1 Å². The van der Waals surface area contributed by atoms with Crippen LogP contribution in [0.15, 0.2) is 6.07 Å². The highest BCUT2D eigenvalue weighted by Gasteiger charge is 2.23. The maximum Gasteiger partial charge on any atom is 0.135 e. The van der Waals surface area contributed by atoms with Crippen molar-refractivity contribution in [2.75, 3.05) is 43.9 Å². The number of likely N-dealkylation sites (N-methyl/N-ethyl adjacent to an activating group) is 1. The van der Waals surface area contributed by atoms with Crippen molar-refractivity contribution >= 4 is 11.6 Å². The second-order valence-corrected chi connectivity index (χ2v) is 6.36. The smallest absolute Gasteiger partial charge is 0.135 e. The number of hydrogen-bond acceptors (Lipinski definition) is 5. The van der Waals surface area contributed by atoms with Gasteiger partial charge in [0.25, 0.3) is 0 Å². The fourth-order valence-electron chi connectivity index (χ4n) is 2.73. The third kappa shape index (κ3) is 4.06. The highest BCUT2D eigenvalue weighted by molar-refractivity contribution is 5.50. The first-order valence-corrected chi connectivity index (χ1v) is 8.05. The minimum absolute atomic E-state index is 0.344. The lowest BCUT2D eigenvalue weighted by Crippen LogP contribution is -2.45. The number of hydrogen-bond donors (Lipinski definition) is 1. The molecule has 1 atom stereocenters. The number of anilines is 2. The molecule has 2 rings (SSSR count). The van der Waals surface area contributed by atoms with Crippen LogP contribution in [0.4, 0.5) is 11.6 Å². The SMILES string of the molecule is CCNc1cc(N2CCCC(N(C)C)C2)nc(C(C)C)n1. The summed E-state index contributed by atoms with van der Waals surface area (Å²) < 4.78 is 0. The zero-order valence-electron chi connectivity index (χ0n) is 14.1. The lowest BCUT2D eigenvalue weighted by atomic mass is 10.0. The third-order valence-corrected chi connectivity index (χ3v) is 4.06. The molecule has 21 heavy (non-hydrogen) atoms. The molecule has 2 heterocycles. The molecule has 1 N–H and O–H groups in total. The van der Waals surface area contributed by atoms with Crippen molar-refractivity contribution < 1.29 is 0 Å². The monoisotopic (exact) mass is 291 g/mol. The number of nitrogens with one attached hydrogen (secondary N) is 1. The van der Waals surface area contributed by atoms with Gasteiger partial charge in [-0.1, -0.05) is 13.8 Å². The van der Waals surface area contributed by atoms with E-state index in [2.05, 4.69) is 61.0 Å². The summed E-state index contributed by atoms with van der Waals surface area (Å²) in [6.07, 6.45) is 2.49. The molecule has 0 radical (unpaired) electrons. The molecule has 5 nitrogen and oxygen atoms in total. The fraction of sp³-hybridized carbons (Fsp3) is 0.750. The molecule has 0 spiro atoms. The number of nitrogens with zero attached hydrogens (tertiary/aromatic N) is 4. The van der Waals surface area contributed by atoms with Crippen molar-refractivity contribution in [3.63, 3.8) is 0 Å². The summed E-state index contributed by atoms with van der Waals surface area (Å²) in [5.41, 5.74) is 0. The van der Waals surface area contributed by atoms with Gasteiger partial charge in [-0.05, 0) is 33.9 Å². The van der Waals surface area contributed by atoms with Crippen molar-refractivity contribution in [1.82, 2.24) is 14.9 Å². The summed E-state index contributed by atoms with van der Waals surface area (Å²) in [6.45, 7) is 9.41. The molecule has 1 fully saturated rings. The molecule has 1 aliphatic rings. The van der Waals surface area contributed by atoms with Crippen molar-refractivity contribution in [2.24, 2.45) is 0 Å². The van der Waals surface area contributed by atoms with E-state index in [1.54, 1.807) is 0 Å². The fourth-order valence-corrected chi connectivity index (χ4v) is 2.73. The maximum atomic E-state index is 4.79. The second kappa shape index (κ2) is 7.07. The Hall–Kier alpha value is -1.36. The molecule has 0 bridgehead atoms. The van der Waals surface area contributed by atoms with Gasteiger partial charge in [-0.2, -0.15) is 0 Å². The van der Waals surface area contributed by atoms with E-state index in [-0.39, 0.29) is 0 Å². The Morgan fingerprint density at radius 3 is 2.76 bits per heavy atom.